The Kier molecular flexibility index (Phi) is 3.88. The molecule has 20 heavy (non-hydrogen) atoms. The first-order valence-corrected chi connectivity index (χ1v) is 7.13. The van der Waals surface area contributed by atoms with Crippen molar-refractivity contribution in [3.63, 3.8) is 0 Å². The third kappa shape index (κ3) is 3.04. The topological polar surface area (TPSA) is 82.8 Å². The minimum absolute atomic E-state index is 0.0163. The maximum absolute atomic E-state index is 12.9. The van der Waals surface area contributed by atoms with Crippen LogP contribution in [-0.2, 0) is 10.0 Å². The Morgan fingerprint density at radius 1 is 1.30 bits per heavy atom. The van der Waals surface area contributed by atoms with Crippen LogP contribution in [0, 0.1) is 17.3 Å². The summed E-state index contributed by atoms with van der Waals surface area (Å²) in [6.07, 6.45) is 0. The molecule has 0 amide bonds. The molecule has 0 fully saturated rings. The molecule has 1 aromatic heterocycles. The molecule has 8 heteroatoms. The number of halogens is 2. The second-order valence-corrected chi connectivity index (χ2v) is 5.79. The van der Waals surface area contributed by atoms with Gasteiger partial charge in [0.05, 0.1) is 15.5 Å². The highest BCUT2D eigenvalue weighted by Gasteiger charge is 2.16. The summed E-state index contributed by atoms with van der Waals surface area (Å²) < 4.78 is 39.1. The Bertz CT molecular complexity index is 803. The van der Waals surface area contributed by atoms with Crippen LogP contribution in [0.4, 0.5) is 10.2 Å². The lowest BCUT2D eigenvalue weighted by atomic mass is 10.2. The molecule has 0 bridgehead atoms. The van der Waals surface area contributed by atoms with Crippen LogP contribution < -0.4 is 4.72 Å². The van der Waals surface area contributed by atoms with Gasteiger partial charge in [0.15, 0.2) is 0 Å². The van der Waals surface area contributed by atoms with E-state index in [-0.39, 0.29) is 21.3 Å². The quantitative estimate of drug-likeness (QED) is 0.883. The van der Waals surface area contributed by atoms with Crippen molar-refractivity contribution in [1.29, 1.82) is 5.26 Å². The van der Waals surface area contributed by atoms with Gasteiger partial charge in [-0.1, -0.05) is 17.7 Å². The van der Waals surface area contributed by atoms with E-state index in [9.17, 15) is 12.8 Å². The smallest absolute Gasteiger partial charge is 0.263 e. The number of aromatic nitrogens is 1. The molecule has 0 saturated carbocycles. The van der Waals surface area contributed by atoms with Gasteiger partial charge in [-0.05, 0) is 30.3 Å². The summed E-state index contributed by atoms with van der Waals surface area (Å²) in [5.74, 6) is -0.950. The Balaban J connectivity index is 2.36. The van der Waals surface area contributed by atoms with Crippen molar-refractivity contribution < 1.29 is 12.8 Å². The molecule has 1 N–H and O–H groups in total. The standard InChI is InChI=1S/C12H7ClFN3O2S/c13-10-6-9(5-4-8(10)7-15)20(18,19)17-12-3-1-2-11(14)16-12/h1-6H,(H,16,17). The van der Waals surface area contributed by atoms with Crippen LogP contribution in [-0.4, -0.2) is 13.4 Å². The van der Waals surface area contributed by atoms with Crippen LogP contribution in [0.3, 0.4) is 0 Å². The summed E-state index contributed by atoms with van der Waals surface area (Å²) in [6.45, 7) is 0. The van der Waals surface area contributed by atoms with Crippen molar-refractivity contribution in [2.24, 2.45) is 0 Å². The van der Waals surface area contributed by atoms with Crippen LogP contribution in [0.25, 0.3) is 0 Å². The molecule has 0 aliphatic rings. The first kappa shape index (κ1) is 14.2. The van der Waals surface area contributed by atoms with E-state index in [2.05, 4.69) is 9.71 Å². The molecule has 5 nitrogen and oxygen atoms in total. The lowest BCUT2D eigenvalue weighted by Gasteiger charge is -2.07. The third-order valence-corrected chi connectivity index (χ3v) is 3.99. The normalized spacial score (nSPS) is 10.8. The Labute approximate surface area is 119 Å². The van der Waals surface area contributed by atoms with Crippen molar-refractivity contribution in [2.75, 3.05) is 4.72 Å². The number of anilines is 1. The average Bonchev–Trinajstić information content (AvgIpc) is 2.38. The lowest BCUT2D eigenvalue weighted by molar-refractivity contribution is 0.584. The number of nitrogens with one attached hydrogen (secondary N) is 1. The van der Waals surface area contributed by atoms with E-state index in [4.69, 9.17) is 16.9 Å². The van der Waals surface area contributed by atoms with Crippen molar-refractivity contribution in [3.05, 3.63) is 52.9 Å². The van der Waals surface area contributed by atoms with E-state index < -0.39 is 16.0 Å². The van der Waals surface area contributed by atoms with Gasteiger partial charge in [-0.3, -0.25) is 4.72 Å². The first-order chi connectivity index (χ1) is 9.42. The number of benzene rings is 1. The van der Waals surface area contributed by atoms with Crippen molar-refractivity contribution in [2.45, 2.75) is 4.90 Å². The van der Waals surface area contributed by atoms with Crippen molar-refractivity contribution in [1.82, 2.24) is 4.98 Å². The summed E-state index contributed by atoms with van der Waals surface area (Å²) in [6, 6.07) is 9.21. The lowest BCUT2D eigenvalue weighted by Crippen LogP contribution is -2.14. The number of hydrogen-bond acceptors (Lipinski definition) is 4. The van der Waals surface area contributed by atoms with Crippen LogP contribution in [0.15, 0.2) is 41.3 Å². The molecule has 0 saturated heterocycles. The SMILES string of the molecule is N#Cc1ccc(S(=O)(=O)Nc2cccc(F)n2)cc1Cl. The zero-order valence-corrected chi connectivity index (χ0v) is 11.4. The van der Waals surface area contributed by atoms with E-state index in [1.807, 2.05) is 6.07 Å². The third-order valence-electron chi connectivity index (χ3n) is 2.33. The van der Waals surface area contributed by atoms with Crippen molar-refractivity contribution >= 4 is 27.4 Å². The molecule has 0 aliphatic carbocycles. The number of sulfonamides is 1. The number of nitriles is 1. The van der Waals surface area contributed by atoms with Gasteiger partial charge in [-0.15, -0.1) is 0 Å². The monoisotopic (exact) mass is 311 g/mol. The van der Waals surface area contributed by atoms with E-state index in [0.717, 1.165) is 12.1 Å². The fourth-order valence-electron chi connectivity index (χ4n) is 1.42. The van der Waals surface area contributed by atoms with Gasteiger partial charge in [-0.2, -0.15) is 9.65 Å². The molecule has 0 spiro atoms. The van der Waals surface area contributed by atoms with E-state index >= 15 is 0 Å². The van der Waals surface area contributed by atoms with E-state index in [0.29, 0.717) is 0 Å². The zero-order valence-electron chi connectivity index (χ0n) is 9.84. The summed E-state index contributed by atoms with van der Waals surface area (Å²) in [7, 11) is -3.95. The molecule has 2 aromatic rings. The highest BCUT2D eigenvalue weighted by Crippen LogP contribution is 2.21. The summed E-state index contributed by atoms with van der Waals surface area (Å²) in [5.41, 5.74) is 0.162. The van der Waals surface area contributed by atoms with Crippen LogP contribution >= 0.6 is 11.6 Å². The molecular formula is C12H7ClFN3O2S. The molecule has 0 radical (unpaired) electrons. The second-order valence-electron chi connectivity index (χ2n) is 3.70. The maximum atomic E-state index is 12.9. The molecule has 0 aliphatic heterocycles. The molecule has 0 unspecified atom stereocenters. The molecule has 2 rings (SSSR count). The molecular weight excluding hydrogens is 305 g/mol. The average molecular weight is 312 g/mol. The van der Waals surface area contributed by atoms with Gasteiger partial charge in [-0.25, -0.2) is 13.4 Å². The van der Waals surface area contributed by atoms with Gasteiger partial charge in [0, 0.05) is 0 Å². The number of hydrogen-bond donors (Lipinski definition) is 1. The largest absolute Gasteiger partial charge is 0.263 e. The van der Waals surface area contributed by atoms with Gasteiger partial charge in [0.25, 0.3) is 10.0 Å². The maximum Gasteiger partial charge on any atom is 0.263 e. The van der Waals surface area contributed by atoms with Crippen LogP contribution in [0.5, 0.6) is 0 Å². The first-order valence-electron chi connectivity index (χ1n) is 5.27. The van der Waals surface area contributed by atoms with Crippen LogP contribution in [0.2, 0.25) is 5.02 Å². The Morgan fingerprint density at radius 3 is 2.65 bits per heavy atom. The number of nitrogens with zero attached hydrogens (tertiary/aromatic N) is 2. The zero-order chi connectivity index (χ0) is 14.8. The molecule has 1 aromatic carbocycles. The van der Waals surface area contributed by atoms with Gasteiger partial charge >= 0.3 is 0 Å². The van der Waals surface area contributed by atoms with Crippen LogP contribution in [0.1, 0.15) is 5.56 Å². The van der Waals surface area contributed by atoms with E-state index in [1.54, 1.807) is 0 Å². The van der Waals surface area contributed by atoms with E-state index in [1.165, 1.54) is 24.3 Å². The summed E-state index contributed by atoms with van der Waals surface area (Å²) in [4.78, 5) is 3.25. The predicted molar refractivity (Wildman–Crippen MR) is 71.2 cm³/mol. The molecule has 0 atom stereocenters. The minimum Gasteiger partial charge on any atom is -0.263 e. The summed E-state index contributed by atoms with van der Waals surface area (Å²) >= 11 is 5.77. The fourth-order valence-corrected chi connectivity index (χ4v) is 2.73. The highest BCUT2D eigenvalue weighted by molar-refractivity contribution is 7.92. The number of pyridine rings is 1. The molecule has 1 heterocycles. The second kappa shape index (κ2) is 5.45. The number of rotatable bonds is 3. The minimum atomic E-state index is -3.95. The van der Waals surface area contributed by atoms with Gasteiger partial charge in [0.2, 0.25) is 5.95 Å². The summed E-state index contributed by atoms with van der Waals surface area (Å²) in [5, 5.41) is 8.74. The van der Waals surface area contributed by atoms with Gasteiger partial charge < -0.3 is 0 Å². The van der Waals surface area contributed by atoms with Crippen molar-refractivity contribution in [3.8, 4) is 6.07 Å². The molecule has 102 valence electrons. The fraction of sp³-hybridized carbons (Fsp3) is 0. The van der Waals surface area contributed by atoms with Gasteiger partial charge in [0.1, 0.15) is 11.9 Å². The Hall–Kier alpha value is -2.17. The highest BCUT2D eigenvalue weighted by atomic mass is 35.5. The Morgan fingerprint density at radius 2 is 2.05 bits per heavy atom. The predicted octanol–water partition coefficient (Wildman–Crippen LogP) is 2.55.